The average molecular weight is 345 g/mol. The van der Waals surface area contributed by atoms with Crippen molar-refractivity contribution in [2.24, 2.45) is 0 Å². The summed E-state index contributed by atoms with van der Waals surface area (Å²) in [7, 11) is 0. The van der Waals surface area contributed by atoms with E-state index in [1.54, 1.807) is 23.5 Å². The van der Waals surface area contributed by atoms with Gasteiger partial charge in [0, 0.05) is 6.92 Å². The van der Waals surface area contributed by atoms with Gasteiger partial charge in [-0.2, -0.15) is 5.26 Å². The van der Waals surface area contributed by atoms with Crippen LogP contribution in [-0.2, 0) is 0 Å². The predicted molar refractivity (Wildman–Crippen MR) is 86.9 cm³/mol. The lowest BCUT2D eigenvalue weighted by Gasteiger charge is -2.11. The van der Waals surface area contributed by atoms with Gasteiger partial charge in [-0.3, -0.25) is 0 Å². The van der Waals surface area contributed by atoms with Crippen LogP contribution in [0.15, 0.2) is 16.6 Å². The molecule has 0 saturated carbocycles. The number of halogens is 2. The fourth-order valence-electron chi connectivity index (χ4n) is 1.38. The van der Waals surface area contributed by atoms with Gasteiger partial charge in [-0.25, -0.2) is 18.7 Å². The first-order valence-electron chi connectivity index (χ1n) is 6.64. The van der Waals surface area contributed by atoms with Crippen LogP contribution in [0.1, 0.15) is 26.5 Å². The van der Waals surface area contributed by atoms with Crippen LogP contribution in [-0.4, -0.2) is 34.0 Å². The molecule has 1 rings (SSSR count). The van der Waals surface area contributed by atoms with E-state index in [9.17, 15) is 14.0 Å². The smallest absolute Gasteiger partial charge is 0.278 e. The number of ether oxygens (including phenoxy) is 1. The molecule has 0 bridgehead atoms. The molecule has 4 nitrogen and oxygen atoms in total. The van der Waals surface area contributed by atoms with Crippen molar-refractivity contribution in [2.75, 3.05) is 18.1 Å². The summed E-state index contributed by atoms with van der Waals surface area (Å²) in [4.78, 5) is 8.03. The van der Waals surface area contributed by atoms with E-state index < -0.39 is 12.5 Å². The molecule has 0 aromatic carbocycles. The Labute approximate surface area is 137 Å². The second-order valence-electron chi connectivity index (χ2n) is 4.24. The molecular weight excluding hydrogens is 328 g/mol. The fraction of sp³-hybridized carbons (Fsp3) is 0.500. The molecule has 1 aromatic rings. The van der Waals surface area contributed by atoms with Crippen molar-refractivity contribution in [1.82, 2.24) is 9.97 Å². The maximum atomic E-state index is 12.7. The van der Waals surface area contributed by atoms with E-state index in [-0.39, 0.29) is 5.88 Å². The van der Waals surface area contributed by atoms with E-state index in [0.29, 0.717) is 11.3 Å². The number of aromatic nitrogens is 2. The van der Waals surface area contributed by atoms with Crippen molar-refractivity contribution in [1.29, 1.82) is 5.26 Å². The molecule has 0 aliphatic carbocycles. The maximum Gasteiger partial charge on any atom is 0.278 e. The summed E-state index contributed by atoms with van der Waals surface area (Å²) in [5, 5.41) is 9.35. The molecular formula is C14H17F2N3OS2. The van der Waals surface area contributed by atoms with Crippen LogP contribution < -0.4 is 4.74 Å². The van der Waals surface area contributed by atoms with Crippen LogP contribution >= 0.6 is 23.5 Å². The number of nitrogens with zero attached hydrogens (tertiary/aromatic N) is 3. The minimum Gasteiger partial charge on any atom is -0.470 e. The van der Waals surface area contributed by atoms with Gasteiger partial charge in [0.25, 0.3) is 5.92 Å². The Balaban J connectivity index is 2.95. The van der Waals surface area contributed by atoms with Crippen LogP contribution in [0.3, 0.4) is 0 Å². The quantitative estimate of drug-likeness (QED) is 0.658. The van der Waals surface area contributed by atoms with Crippen molar-refractivity contribution in [2.45, 2.75) is 26.7 Å². The van der Waals surface area contributed by atoms with Gasteiger partial charge in [-0.1, -0.05) is 13.8 Å². The highest BCUT2D eigenvalue weighted by molar-refractivity contribution is 8.22. The summed E-state index contributed by atoms with van der Waals surface area (Å²) in [6, 6.07) is 2.14. The first kappa shape index (κ1) is 18.7. The van der Waals surface area contributed by atoms with Crippen molar-refractivity contribution >= 4 is 29.1 Å². The molecule has 0 radical (unpaired) electrons. The second kappa shape index (κ2) is 8.96. The number of thioether (sulfide) groups is 2. The summed E-state index contributed by atoms with van der Waals surface area (Å²) in [5.74, 6) is -1.24. The van der Waals surface area contributed by atoms with Crippen LogP contribution in [0, 0.1) is 11.3 Å². The molecule has 0 aliphatic rings. The molecule has 22 heavy (non-hydrogen) atoms. The topological polar surface area (TPSA) is 58.8 Å². The molecule has 0 fully saturated rings. The number of hydrogen-bond donors (Lipinski definition) is 0. The van der Waals surface area contributed by atoms with Gasteiger partial charge in [-0.05, 0) is 11.5 Å². The first-order chi connectivity index (χ1) is 10.4. The minimum atomic E-state index is -2.93. The molecule has 0 unspecified atom stereocenters. The Morgan fingerprint density at radius 3 is 2.32 bits per heavy atom. The van der Waals surface area contributed by atoms with Crippen molar-refractivity contribution < 1.29 is 13.5 Å². The number of nitriles is 1. The molecule has 1 heterocycles. The van der Waals surface area contributed by atoms with Gasteiger partial charge in [0.05, 0.1) is 22.2 Å². The van der Waals surface area contributed by atoms with E-state index >= 15 is 0 Å². The molecule has 0 amide bonds. The Kier molecular flexibility index (Phi) is 7.62. The van der Waals surface area contributed by atoms with Gasteiger partial charge in [0.1, 0.15) is 11.8 Å². The number of hydrogen-bond acceptors (Lipinski definition) is 6. The molecule has 0 saturated heterocycles. The van der Waals surface area contributed by atoms with E-state index in [4.69, 9.17) is 4.74 Å². The van der Waals surface area contributed by atoms with E-state index in [0.717, 1.165) is 22.7 Å². The zero-order valence-corrected chi connectivity index (χ0v) is 14.2. The molecule has 120 valence electrons. The number of alkyl halides is 2. The zero-order valence-electron chi connectivity index (χ0n) is 12.6. The third kappa shape index (κ3) is 6.20. The lowest BCUT2D eigenvalue weighted by Crippen LogP contribution is -2.21. The predicted octanol–water partition coefficient (Wildman–Crippen LogP) is 4.21. The van der Waals surface area contributed by atoms with Crippen molar-refractivity contribution in [3.05, 3.63) is 22.3 Å². The van der Waals surface area contributed by atoms with Crippen LogP contribution in [0.4, 0.5) is 8.78 Å². The highest BCUT2D eigenvalue weighted by Crippen LogP contribution is 2.34. The Bertz CT molecular complexity index is 543. The van der Waals surface area contributed by atoms with Gasteiger partial charge >= 0.3 is 0 Å². The minimum absolute atomic E-state index is 0.00963. The van der Waals surface area contributed by atoms with Gasteiger partial charge in [-0.15, -0.1) is 23.5 Å². The molecule has 0 aliphatic heterocycles. The highest BCUT2D eigenvalue weighted by Gasteiger charge is 2.22. The Morgan fingerprint density at radius 2 is 1.91 bits per heavy atom. The van der Waals surface area contributed by atoms with E-state index in [1.165, 1.54) is 12.4 Å². The van der Waals surface area contributed by atoms with Gasteiger partial charge in [0.2, 0.25) is 5.88 Å². The molecule has 0 spiro atoms. The standard InChI is InChI=1S/C14H17F2N3OS2/c1-4-21-13(22-5-2)10(6-17)11-7-19-12(8-18-11)20-9-14(3,15)16/h7-8H,4-5,9H2,1-3H3. The largest absolute Gasteiger partial charge is 0.470 e. The Morgan fingerprint density at radius 1 is 1.27 bits per heavy atom. The molecule has 0 atom stereocenters. The zero-order chi connectivity index (χ0) is 16.6. The van der Waals surface area contributed by atoms with Crippen LogP contribution in [0.5, 0.6) is 5.88 Å². The SMILES string of the molecule is CCSC(SCC)=C(C#N)c1cnc(OCC(C)(F)F)cn1. The lowest BCUT2D eigenvalue weighted by atomic mass is 10.2. The summed E-state index contributed by atoms with van der Waals surface area (Å²) < 4.78 is 31.2. The molecule has 8 heteroatoms. The normalized spacial score (nSPS) is 10.9. The number of rotatable bonds is 8. The summed E-state index contributed by atoms with van der Waals surface area (Å²) >= 11 is 3.14. The van der Waals surface area contributed by atoms with Crippen molar-refractivity contribution in [3.63, 3.8) is 0 Å². The molecule has 0 N–H and O–H groups in total. The maximum absolute atomic E-state index is 12.7. The fourth-order valence-corrected chi connectivity index (χ4v) is 3.53. The van der Waals surface area contributed by atoms with Crippen LogP contribution in [0.2, 0.25) is 0 Å². The third-order valence-corrected chi connectivity index (χ3v) is 4.44. The first-order valence-corrected chi connectivity index (χ1v) is 8.61. The second-order valence-corrected chi connectivity index (χ2v) is 7.05. The lowest BCUT2D eigenvalue weighted by molar-refractivity contribution is -0.0243. The number of allylic oxidation sites excluding steroid dienone is 1. The van der Waals surface area contributed by atoms with Crippen molar-refractivity contribution in [3.8, 4) is 11.9 Å². The molecule has 1 aromatic heterocycles. The van der Waals surface area contributed by atoms with Crippen LogP contribution in [0.25, 0.3) is 5.57 Å². The summed E-state index contributed by atoms with van der Waals surface area (Å²) in [5.41, 5.74) is 0.855. The summed E-state index contributed by atoms with van der Waals surface area (Å²) in [6.07, 6.45) is 2.62. The average Bonchev–Trinajstić information content (AvgIpc) is 2.47. The van der Waals surface area contributed by atoms with Gasteiger partial charge < -0.3 is 4.74 Å². The summed E-state index contributed by atoms with van der Waals surface area (Å²) in [6.45, 7) is 4.01. The third-order valence-electron chi connectivity index (χ3n) is 2.22. The highest BCUT2D eigenvalue weighted by atomic mass is 32.2. The van der Waals surface area contributed by atoms with Gasteiger partial charge in [0.15, 0.2) is 6.61 Å². The van der Waals surface area contributed by atoms with E-state index in [2.05, 4.69) is 16.0 Å². The monoisotopic (exact) mass is 345 g/mol. The van der Waals surface area contributed by atoms with E-state index in [1.807, 2.05) is 13.8 Å². The Hall–Kier alpha value is -1.33.